The van der Waals surface area contributed by atoms with Crippen LogP contribution in [-0.4, -0.2) is 42.4 Å². The Balaban J connectivity index is 2.56. The molecule has 1 aromatic carbocycles. The normalized spacial score (nSPS) is 10.3. The van der Waals surface area contributed by atoms with Gasteiger partial charge in [-0.05, 0) is 25.0 Å². The third-order valence-corrected chi connectivity index (χ3v) is 3.78. The molecule has 0 aromatic heterocycles. The fourth-order valence-electron chi connectivity index (χ4n) is 1.80. The molecule has 2 N–H and O–H groups in total. The van der Waals surface area contributed by atoms with Gasteiger partial charge >= 0.3 is 5.97 Å². The van der Waals surface area contributed by atoms with E-state index >= 15 is 0 Å². The zero-order valence-electron chi connectivity index (χ0n) is 14.3. The number of thioether (sulfide) groups is 1. The van der Waals surface area contributed by atoms with Gasteiger partial charge in [-0.15, -0.1) is 11.8 Å². The molecule has 1 aromatic rings. The lowest BCUT2D eigenvalue weighted by Crippen LogP contribution is -2.28. The van der Waals surface area contributed by atoms with E-state index in [1.54, 1.807) is 31.2 Å². The minimum Gasteiger partial charge on any atom is -0.465 e. The number of para-hydroxylation sites is 1. The molecule has 0 unspecified atom stereocenters. The van der Waals surface area contributed by atoms with E-state index < -0.39 is 0 Å². The summed E-state index contributed by atoms with van der Waals surface area (Å²) in [7, 11) is 0. The van der Waals surface area contributed by atoms with E-state index in [9.17, 15) is 14.4 Å². The summed E-state index contributed by atoms with van der Waals surface area (Å²) in [6, 6.07) is 6.84. The summed E-state index contributed by atoms with van der Waals surface area (Å²) in [5.41, 5.74) is 0.877. The zero-order chi connectivity index (χ0) is 17.9. The van der Waals surface area contributed by atoms with Gasteiger partial charge in [0.05, 0.1) is 29.4 Å². The molecular formula is C17H24N2O4S. The van der Waals surface area contributed by atoms with Gasteiger partial charge in [0.15, 0.2) is 0 Å². The highest BCUT2D eigenvalue weighted by Gasteiger charge is 2.13. The molecule has 0 bridgehead atoms. The molecule has 24 heavy (non-hydrogen) atoms. The highest BCUT2D eigenvalue weighted by atomic mass is 32.2. The lowest BCUT2D eigenvalue weighted by molar-refractivity contribution is -0.139. The largest absolute Gasteiger partial charge is 0.465 e. The van der Waals surface area contributed by atoms with Crippen LogP contribution in [0, 0.1) is 5.92 Å². The van der Waals surface area contributed by atoms with Crippen LogP contribution in [0.1, 0.15) is 31.1 Å². The van der Waals surface area contributed by atoms with E-state index in [2.05, 4.69) is 10.6 Å². The fourth-order valence-corrected chi connectivity index (χ4v) is 2.41. The number of rotatable bonds is 9. The summed E-state index contributed by atoms with van der Waals surface area (Å²) in [5.74, 6) is -0.260. The van der Waals surface area contributed by atoms with E-state index in [4.69, 9.17) is 4.74 Å². The molecule has 2 amide bonds. The first kappa shape index (κ1) is 20.0. The Labute approximate surface area is 146 Å². The van der Waals surface area contributed by atoms with Crippen molar-refractivity contribution in [2.24, 2.45) is 5.92 Å². The van der Waals surface area contributed by atoms with Gasteiger partial charge in [0, 0.05) is 6.54 Å². The van der Waals surface area contributed by atoms with Crippen LogP contribution in [-0.2, 0) is 14.3 Å². The minimum absolute atomic E-state index is 0.112. The Morgan fingerprint density at radius 2 is 1.88 bits per heavy atom. The van der Waals surface area contributed by atoms with Gasteiger partial charge in [0.1, 0.15) is 0 Å². The number of hydrogen-bond acceptors (Lipinski definition) is 5. The van der Waals surface area contributed by atoms with E-state index in [0.29, 0.717) is 30.3 Å². The van der Waals surface area contributed by atoms with Crippen molar-refractivity contribution in [1.82, 2.24) is 5.32 Å². The topological polar surface area (TPSA) is 84.5 Å². The lowest BCUT2D eigenvalue weighted by Gasteiger charge is -2.12. The van der Waals surface area contributed by atoms with Gasteiger partial charge in [-0.2, -0.15) is 0 Å². The molecule has 0 saturated heterocycles. The molecule has 132 valence electrons. The number of nitrogens with one attached hydrogen (secondary N) is 2. The highest BCUT2D eigenvalue weighted by molar-refractivity contribution is 8.00. The van der Waals surface area contributed by atoms with Crippen molar-refractivity contribution < 1.29 is 19.1 Å². The van der Waals surface area contributed by atoms with Crippen LogP contribution in [0.4, 0.5) is 5.69 Å². The zero-order valence-corrected chi connectivity index (χ0v) is 15.1. The number of anilines is 1. The third kappa shape index (κ3) is 7.50. The molecule has 0 saturated carbocycles. The van der Waals surface area contributed by atoms with Crippen LogP contribution in [0.5, 0.6) is 0 Å². The summed E-state index contributed by atoms with van der Waals surface area (Å²) < 4.78 is 4.79. The van der Waals surface area contributed by atoms with Gasteiger partial charge in [-0.1, -0.05) is 26.0 Å². The van der Waals surface area contributed by atoms with Crippen LogP contribution in [0.2, 0.25) is 0 Å². The van der Waals surface area contributed by atoms with Crippen molar-refractivity contribution >= 4 is 35.2 Å². The summed E-state index contributed by atoms with van der Waals surface area (Å²) in [4.78, 5) is 35.4. The average molecular weight is 352 g/mol. The Hall–Kier alpha value is -2.02. The predicted molar refractivity (Wildman–Crippen MR) is 96.2 cm³/mol. The van der Waals surface area contributed by atoms with Crippen molar-refractivity contribution in [3.63, 3.8) is 0 Å². The van der Waals surface area contributed by atoms with Gasteiger partial charge in [0.2, 0.25) is 5.91 Å². The number of amides is 2. The second kappa shape index (κ2) is 10.7. The van der Waals surface area contributed by atoms with Crippen molar-refractivity contribution in [3.05, 3.63) is 29.8 Å². The summed E-state index contributed by atoms with van der Waals surface area (Å²) in [6.45, 7) is 6.64. The van der Waals surface area contributed by atoms with Crippen LogP contribution >= 0.6 is 11.8 Å². The fraction of sp³-hybridized carbons (Fsp3) is 0.471. The van der Waals surface area contributed by atoms with Gasteiger partial charge in [-0.25, -0.2) is 0 Å². The number of carbonyl (C=O) groups is 3. The molecule has 7 heteroatoms. The lowest BCUT2D eigenvalue weighted by atomic mass is 10.1. The van der Waals surface area contributed by atoms with E-state index in [1.165, 1.54) is 11.8 Å². The number of carbonyl (C=O) groups excluding carboxylic acids is 3. The van der Waals surface area contributed by atoms with Crippen LogP contribution in [0.15, 0.2) is 24.3 Å². The van der Waals surface area contributed by atoms with E-state index in [1.807, 2.05) is 13.8 Å². The molecule has 0 fully saturated rings. The maximum absolute atomic E-state index is 12.2. The molecule has 0 aliphatic heterocycles. The molecule has 0 atom stereocenters. The van der Waals surface area contributed by atoms with E-state index in [0.717, 1.165) is 0 Å². The standard InChI is InChI=1S/C17H24N2O4S/c1-4-23-16(21)11-24-10-15(20)19-14-8-6-5-7-13(14)17(22)18-9-12(2)3/h5-8,12H,4,9-11H2,1-3H3,(H,18,22)(H,19,20). The second-order valence-corrected chi connectivity index (χ2v) is 6.48. The first-order valence-electron chi connectivity index (χ1n) is 7.84. The van der Waals surface area contributed by atoms with Crippen molar-refractivity contribution in [3.8, 4) is 0 Å². The Bertz CT molecular complexity index is 575. The monoisotopic (exact) mass is 352 g/mol. The number of hydrogen-bond donors (Lipinski definition) is 2. The third-order valence-electron chi connectivity index (χ3n) is 2.88. The number of esters is 1. The van der Waals surface area contributed by atoms with Gasteiger partial charge < -0.3 is 15.4 Å². The molecule has 6 nitrogen and oxygen atoms in total. The smallest absolute Gasteiger partial charge is 0.315 e. The molecular weight excluding hydrogens is 328 g/mol. The molecule has 0 aliphatic carbocycles. The quantitative estimate of drug-likeness (QED) is 0.666. The Morgan fingerprint density at radius 1 is 1.17 bits per heavy atom. The molecule has 1 rings (SSSR count). The van der Waals surface area contributed by atoms with Crippen LogP contribution in [0.25, 0.3) is 0 Å². The maximum Gasteiger partial charge on any atom is 0.315 e. The first-order valence-corrected chi connectivity index (χ1v) is 9.00. The highest BCUT2D eigenvalue weighted by Crippen LogP contribution is 2.15. The predicted octanol–water partition coefficient (Wildman–Crippen LogP) is 2.31. The molecule has 0 spiro atoms. The summed E-state index contributed by atoms with van der Waals surface area (Å²) in [5, 5.41) is 5.54. The van der Waals surface area contributed by atoms with Crippen LogP contribution in [0.3, 0.4) is 0 Å². The van der Waals surface area contributed by atoms with E-state index in [-0.39, 0.29) is 29.3 Å². The van der Waals surface area contributed by atoms with Crippen molar-refractivity contribution in [2.45, 2.75) is 20.8 Å². The minimum atomic E-state index is -0.344. The Morgan fingerprint density at radius 3 is 2.54 bits per heavy atom. The Kier molecular flexibility index (Phi) is 8.93. The summed E-state index contributed by atoms with van der Waals surface area (Å²) >= 11 is 1.17. The number of benzene rings is 1. The number of ether oxygens (including phenoxy) is 1. The SMILES string of the molecule is CCOC(=O)CSCC(=O)Nc1ccccc1C(=O)NCC(C)C. The van der Waals surface area contributed by atoms with Crippen molar-refractivity contribution in [1.29, 1.82) is 0 Å². The second-order valence-electron chi connectivity index (χ2n) is 5.50. The summed E-state index contributed by atoms with van der Waals surface area (Å²) in [6.07, 6.45) is 0. The molecule has 0 radical (unpaired) electrons. The molecule has 0 heterocycles. The maximum atomic E-state index is 12.2. The van der Waals surface area contributed by atoms with Gasteiger partial charge in [-0.3, -0.25) is 14.4 Å². The first-order chi connectivity index (χ1) is 11.4. The molecule has 0 aliphatic rings. The van der Waals surface area contributed by atoms with Gasteiger partial charge in [0.25, 0.3) is 5.91 Å². The van der Waals surface area contributed by atoms with Crippen molar-refractivity contribution in [2.75, 3.05) is 30.0 Å². The van der Waals surface area contributed by atoms with Crippen LogP contribution < -0.4 is 10.6 Å². The average Bonchev–Trinajstić information content (AvgIpc) is 2.53.